The number of rotatable bonds is 7. The van der Waals surface area contributed by atoms with Crippen molar-refractivity contribution in [2.24, 2.45) is 0 Å². The van der Waals surface area contributed by atoms with E-state index in [1.807, 2.05) is 37.3 Å². The monoisotopic (exact) mass is 463 g/mol. The Bertz CT molecular complexity index is 1070. The Kier molecular flexibility index (Phi) is 7.20. The summed E-state index contributed by atoms with van der Waals surface area (Å²) in [6.07, 6.45) is 2.46. The van der Waals surface area contributed by atoms with E-state index in [1.165, 1.54) is 30.2 Å². The summed E-state index contributed by atoms with van der Waals surface area (Å²) in [5.74, 6) is 0.864. The molecule has 1 fully saturated rings. The van der Waals surface area contributed by atoms with E-state index in [2.05, 4.69) is 70.0 Å². The number of carbonyl (C=O) groups excluding carboxylic acids is 1. The Morgan fingerprint density at radius 1 is 1.03 bits per heavy atom. The van der Waals surface area contributed by atoms with Gasteiger partial charge in [0.1, 0.15) is 0 Å². The Labute approximate surface area is 200 Å². The van der Waals surface area contributed by atoms with E-state index in [0.29, 0.717) is 0 Å². The number of aromatic nitrogens is 3. The number of anilines is 1. The molecule has 0 radical (unpaired) electrons. The van der Waals surface area contributed by atoms with Crippen molar-refractivity contribution in [2.45, 2.75) is 62.9 Å². The molecule has 1 aromatic heterocycles. The van der Waals surface area contributed by atoms with Crippen LogP contribution in [0.2, 0.25) is 0 Å². The standard InChI is InChI=1S/C26H33N5OS/c1-19(24(32)27-21-14-12-20(13-15-21)26(2,3)4)33-25-29-28-23(18-30-16-8-9-17-30)31(25)22-10-6-5-7-11-22/h5-7,10-15,19H,8-9,16-18H2,1-4H3,(H,27,32). The van der Waals surface area contributed by atoms with E-state index in [1.54, 1.807) is 0 Å². The molecule has 4 rings (SSSR count). The fourth-order valence-electron chi connectivity index (χ4n) is 3.97. The molecular weight excluding hydrogens is 430 g/mol. The molecule has 1 amide bonds. The molecule has 7 heteroatoms. The number of thioether (sulfide) groups is 1. The van der Waals surface area contributed by atoms with Crippen LogP contribution in [-0.4, -0.2) is 43.9 Å². The number of likely N-dealkylation sites (tertiary alicyclic amines) is 1. The Balaban J connectivity index is 1.49. The van der Waals surface area contributed by atoms with Gasteiger partial charge in [-0.05, 0) is 68.1 Å². The lowest BCUT2D eigenvalue weighted by molar-refractivity contribution is -0.115. The molecule has 1 saturated heterocycles. The second-order valence-electron chi connectivity index (χ2n) is 9.63. The van der Waals surface area contributed by atoms with Crippen LogP contribution in [0.5, 0.6) is 0 Å². The van der Waals surface area contributed by atoms with Gasteiger partial charge in [0.25, 0.3) is 0 Å². The Morgan fingerprint density at radius 3 is 2.33 bits per heavy atom. The SMILES string of the molecule is CC(Sc1nnc(CN2CCCC2)n1-c1ccccc1)C(=O)Nc1ccc(C(C)(C)C)cc1. The fraction of sp³-hybridized carbons (Fsp3) is 0.423. The lowest BCUT2D eigenvalue weighted by Crippen LogP contribution is -2.23. The zero-order chi connectivity index (χ0) is 23.4. The third-order valence-electron chi connectivity index (χ3n) is 5.95. The van der Waals surface area contributed by atoms with Gasteiger partial charge in [0, 0.05) is 11.4 Å². The van der Waals surface area contributed by atoms with E-state index < -0.39 is 0 Å². The van der Waals surface area contributed by atoms with Gasteiger partial charge in [-0.2, -0.15) is 0 Å². The van der Waals surface area contributed by atoms with Crippen LogP contribution in [-0.2, 0) is 16.8 Å². The van der Waals surface area contributed by atoms with Crippen molar-refractivity contribution in [3.8, 4) is 5.69 Å². The van der Waals surface area contributed by atoms with Crippen LogP contribution in [0.25, 0.3) is 5.69 Å². The molecule has 2 heterocycles. The number of nitrogens with zero attached hydrogens (tertiary/aromatic N) is 4. The minimum Gasteiger partial charge on any atom is -0.325 e. The molecule has 1 aliphatic heterocycles. The predicted molar refractivity (Wildman–Crippen MR) is 135 cm³/mol. The summed E-state index contributed by atoms with van der Waals surface area (Å²) in [4.78, 5) is 15.3. The van der Waals surface area contributed by atoms with Gasteiger partial charge in [-0.1, -0.05) is 62.9 Å². The number of carbonyl (C=O) groups is 1. The van der Waals surface area contributed by atoms with Gasteiger partial charge in [0.05, 0.1) is 11.8 Å². The van der Waals surface area contributed by atoms with Crippen LogP contribution in [0.3, 0.4) is 0 Å². The summed E-state index contributed by atoms with van der Waals surface area (Å²) in [6, 6.07) is 18.2. The van der Waals surface area contributed by atoms with E-state index in [9.17, 15) is 4.79 Å². The zero-order valence-electron chi connectivity index (χ0n) is 19.9. The van der Waals surface area contributed by atoms with Crippen molar-refractivity contribution in [1.29, 1.82) is 0 Å². The summed E-state index contributed by atoms with van der Waals surface area (Å²) in [5, 5.41) is 12.4. The van der Waals surface area contributed by atoms with Gasteiger partial charge in [-0.15, -0.1) is 10.2 Å². The highest BCUT2D eigenvalue weighted by molar-refractivity contribution is 8.00. The van der Waals surface area contributed by atoms with Crippen LogP contribution >= 0.6 is 11.8 Å². The molecule has 1 atom stereocenters. The number of hydrogen-bond acceptors (Lipinski definition) is 5. The predicted octanol–water partition coefficient (Wildman–Crippen LogP) is 5.28. The van der Waals surface area contributed by atoms with Crippen molar-refractivity contribution in [3.05, 3.63) is 66.0 Å². The molecule has 0 saturated carbocycles. The third-order valence-corrected chi connectivity index (χ3v) is 6.99. The molecule has 174 valence electrons. The van der Waals surface area contributed by atoms with Gasteiger partial charge in [-0.3, -0.25) is 14.3 Å². The molecule has 1 aliphatic rings. The van der Waals surface area contributed by atoms with Crippen LogP contribution in [0.1, 0.15) is 51.9 Å². The first-order valence-electron chi connectivity index (χ1n) is 11.6. The molecule has 1 N–H and O–H groups in total. The van der Waals surface area contributed by atoms with Crippen molar-refractivity contribution >= 4 is 23.4 Å². The molecule has 33 heavy (non-hydrogen) atoms. The second kappa shape index (κ2) is 10.1. The maximum atomic E-state index is 12.9. The quantitative estimate of drug-likeness (QED) is 0.483. The van der Waals surface area contributed by atoms with E-state index in [0.717, 1.165) is 42.0 Å². The maximum Gasteiger partial charge on any atom is 0.237 e. The minimum absolute atomic E-state index is 0.0489. The molecule has 3 aromatic rings. The van der Waals surface area contributed by atoms with Crippen LogP contribution in [0.15, 0.2) is 59.8 Å². The van der Waals surface area contributed by atoms with Crippen molar-refractivity contribution in [3.63, 3.8) is 0 Å². The highest BCUT2D eigenvalue weighted by Crippen LogP contribution is 2.28. The topological polar surface area (TPSA) is 63.1 Å². The summed E-state index contributed by atoms with van der Waals surface area (Å²) in [6.45, 7) is 11.4. The second-order valence-corrected chi connectivity index (χ2v) is 10.9. The largest absolute Gasteiger partial charge is 0.325 e. The van der Waals surface area contributed by atoms with Crippen molar-refractivity contribution in [2.75, 3.05) is 18.4 Å². The molecule has 0 spiro atoms. The van der Waals surface area contributed by atoms with Gasteiger partial charge >= 0.3 is 0 Å². The molecule has 1 unspecified atom stereocenters. The number of hydrogen-bond donors (Lipinski definition) is 1. The lowest BCUT2D eigenvalue weighted by atomic mass is 9.87. The highest BCUT2D eigenvalue weighted by Gasteiger charge is 2.23. The van der Waals surface area contributed by atoms with Crippen LogP contribution in [0.4, 0.5) is 5.69 Å². The highest BCUT2D eigenvalue weighted by atomic mass is 32.2. The zero-order valence-corrected chi connectivity index (χ0v) is 20.7. The number of nitrogens with one attached hydrogen (secondary N) is 1. The summed E-state index contributed by atoms with van der Waals surface area (Å²) in [7, 11) is 0. The molecular formula is C26H33N5OS. The first-order valence-corrected chi connectivity index (χ1v) is 12.5. The summed E-state index contributed by atoms with van der Waals surface area (Å²) >= 11 is 1.44. The number of benzene rings is 2. The Hall–Kier alpha value is -2.64. The van der Waals surface area contributed by atoms with E-state index >= 15 is 0 Å². The van der Waals surface area contributed by atoms with Gasteiger partial charge in [0.15, 0.2) is 11.0 Å². The van der Waals surface area contributed by atoms with Crippen molar-refractivity contribution in [1.82, 2.24) is 19.7 Å². The molecule has 2 aromatic carbocycles. The third kappa shape index (κ3) is 5.84. The van der Waals surface area contributed by atoms with Crippen LogP contribution in [0, 0.1) is 0 Å². The molecule has 6 nitrogen and oxygen atoms in total. The van der Waals surface area contributed by atoms with Gasteiger partial charge in [0.2, 0.25) is 5.91 Å². The average molecular weight is 464 g/mol. The normalized spacial score (nSPS) is 15.5. The van der Waals surface area contributed by atoms with E-state index in [-0.39, 0.29) is 16.6 Å². The average Bonchev–Trinajstić information content (AvgIpc) is 3.44. The smallest absolute Gasteiger partial charge is 0.237 e. The number of para-hydroxylation sites is 1. The first-order chi connectivity index (χ1) is 15.8. The summed E-state index contributed by atoms with van der Waals surface area (Å²) < 4.78 is 2.09. The van der Waals surface area contributed by atoms with Crippen molar-refractivity contribution < 1.29 is 4.79 Å². The Morgan fingerprint density at radius 2 is 1.70 bits per heavy atom. The van der Waals surface area contributed by atoms with Gasteiger partial charge < -0.3 is 5.32 Å². The van der Waals surface area contributed by atoms with Gasteiger partial charge in [-0.25, -0.2) is 0 Å². The van der Waals surface area contributed by atoms with Crippen LogP contribution < -0.4 is 5.32 Å². The summed E-state index contributed by atoms with van der Waals surface area (Å²) in [5.41, 5.74) is 3.15. The molecule has 0 bridgehead atoms. The molecule has 0 aliphatic carbocycles. The minimum atomic E-state index is -0.321. The maximum absolute atomic E-state index is 12.9. The lowest BCUT2D eigenvalue weighted by Gasteiger charge is -2.19. The fourth-order valence-corrected chi connectivity index (χ4v) is 4.85. The first kappa shape index (κ1) is 23.5. The van der Waals surface area contributed by atoms with E-state index in [4.69, 9.17) is 0 Å². The number of amides is 1.